The first kappa shape index (κ1) is 21.6. The molecule has 3 amide bonds. The molecule has 7 heteroatoms. The zero-order valence-electron chi connectivity index (χ0n) is 17.9. The first-order chi connectivity index (χ1) is 15.0. The molecule has 2 aromatic rings. The molecule has 6 nitrogen and oxygen atoms in total. The van der Waals surface area contributed by atoms with E-state index in [1.54, 1.807) is 0 Å². The van der Waals surface area contributed by atoms with E-state index in [4.69, 9.17) is 0 Å². The summed E-state index contributed by atoms with van der Waals surface area (Å²) < 4.78 is 0. The van der Waals surface area contributed by atoms with Crippen molar-refractivity contribution >= 4 is 29.1 Å². The van der Waals surface area contributed by atoms with Crippen molar-refractivity contribution in [1.29, 1.82) is 0 Å². The fourth-order valence-corrected chi connectivity index (χ4v) is 5.17. The van der Waals surface area contributed by atoms with Crippen molar-refractivity contribution in [3.05, 3.63) is 57.8 Å². The van der Waals surface area contributed by atoms with Crippen molar-refractivity contribution in [3.63, 3.8) is 0 Å². The molecule has 2 saturated heterocycles. The number of hydrogen-bond acceptors (Lipinski definition) is 4. The highest BCUT2D eigenvalue weighted by Gasteiger charge is 2.32. The van der Waals surface area contributed by atoms with E-state index < -0.39 is 0 Å². The van der Waals surface area contributed by atoms with E-state index >= 15 is 0 Å². The standard InChI is InChI=1S/C24H29N3O3S/c1-17-5-2-3-6-20(17)22(28)25-19-10-14-26(15-11-19)23(29)18-8-12-27(13-9-18)24(30)21-7-4-16-31-21/h2-7,16,18-19H,8-15H2,1H3,(H,25,28). The molecule has 0 unspecified atom stereocenters. The van der Waals surface area contributed by atoms with Gasteiger partial charge in [0, 0.05) is 43.7 Å². The average molecular weight is 440 g/mol. The maximum atomic E-state index is 13.0. The highest BCUT2D eigenvalue weighted by atomic mass is 32.1. The third-order valence-electron chi connectivity index (χ3n) is 6.39. The zero-order chi connectivity index (χ0) is 21.8. The summed E-state index contributed by atoms with van der Waals surface area (Å²) in [5, 5.41) is 5.04. The van der Waals surface area contributed by atoms with Gasteiger partial charge in [-0.3, -0.25) is 14.4 Å². The van der Waals surface area contributed by atoms with Gasteiger partial charge in [0.2, 0.25) is 5.91 Å². The van der Waals surface area contributed by atoms with Crippen molar-refractivity contribution in [2.75, 3.05) is 26.2 Å². The predicted octanol–water partition coefficient (Wildman–Crippen LogP) is 3.33. The SMILES string of the molecule is Cc1ccccc1C(=O)NC1CCN(C(=O)C2CCN(C(=O)c3cccs3)CC2)CC1. The lowest BCUT2D eigenvalue weighted by molar-refractivity contribution is -0.138. The van der Waals surface area contributed by atoms with Gasteiger partial charge in [-0.15, -0.1) is 11.3 Å². The molecule has 2 aliphatic rings. The summed E-state index contributed by atoms with van der Waals surface area (Å²) in [6, 6.07) is 11.4. The van der Waals surface area contributed by atoms with Gasteiger partial charge in [0.05, 0.1) is 4.88 Å². The molecule has 4 rings (SSSR count). The van der Waals surface area contributed by atoms with Crippen LogP contribution in [0.15, 0.2) is 41.8 Å². The number of likely N-dealkylation sites (tertiary alicyclic amines) is 2. The maximum absolute atomic E-state index is 13.0. The van der Waals surface area contributed by atoms with E-state index in [2.05, 4.69) is 5.32 Å². The number of nitrogens with zero attached hydrogens (tertiary/aromatic N) is 2. The number of aryl methyl sites for hydroxylation is 1. The molecule has 0 spiro atoms. The van der Waals surface area contributed by atoms with E-state index in [0.29, 0.717) is 31.7 Å². The van der Waals surface area contributed by atoms with Gasteiger partial charge in [-0.05, 0) is 55.7 Å². The number of hydrogen-bond donors (Lipinski definition) is 1. The molecule has 3 heterocycles. The first-order valence-electron chi connectivity index (χ1n) is 11.0. The lowest BCUT2D eigenvalue weighted by Gasteiger charge is -2.37. The normalized spacial score (nSPS) is 18.1. The van der Waals surface area contributed by atoms with Crippen LogP contribution < -0.4 is 5.32 Å². The quantitative estimate of drug-likeness (QED) is 0.795. The molecule has 2 aliphatic heterocycles. The Kier molecular flexibility index (Phi) is 6.70. The van der Waals surface area contributed by atoms with Crippen molar-refractivity contribution in [1.82, 2.24) is 15.1 Å². The van der Waals surface area contributed by atoms with Crippen molar-refractivity contribution in [2.45, 2.75) is 38.6 Å². The molecule has 1 aromatic carbocycles. The average Bonchev–Trinajstić information content (AvgIpc) is 3.34. The Morgan fingerprint density at radius 1 is 0.903 bits per heavy atom. The molecule has 164 valence electrons. The molecule has 31 heavy (non-hydrogen) atoms. The summed E-state index contributed by atoms with van der Waals surface area (Å²) in [6.07, 6.45) is 3.00. The van der Waals surface area contributed by atoms with Gasteiger partial charge in [0.1, 0.15) is 0 Å². The number of rotatable bonds is 4. The van der Waals surface area contributed by atoms with E-state index in [0.717, 1.165) is 36.1 Å². The Labute approximate surface area is 187 Å². The molecule has 0 saturated carbocycles. The summed E-state index contributed by atoms with van der Waals surface area (Å²) >= 11 is 1.46. The van der Waals surface area contributed by atoms with Crippen LogP contribution in [0.5, 0.6) is 0 Å². The number of amides is 3. The minimum absolute atomic E-state index is 0.00880. The third kappa shape index (κ3) is 4.98. The van der Waals surface area contributed by atoms with Crippen molar-refractivity contribution in [2.24, 2.45) is 5.92 Å². The number of thiophene rings is 1. The van der Waals surface area contributed by atoms with Gasteiger partial charge in [-0.2, -0.15) is 0 Å². The van der Waals surface area contributed by atoms with Crippen LogP contribution in [0, 0.1) is 12.8 Å². The number of benzene rings is 1. The molecule has 0 aliphatic carbocycles. The van der Waals surface area contributed by atoms with Crippen LogP contribution >= 0.6 is 11.3 Å². The Morgan fingerprint density at radius 2 is 1.58 bits per heavy atom. The maximum Gasteiger partial charge on any atom is 0.263 e. The predicted molar refractivity (Wildman–Crippen MR) is 121 cm³/mol. The van der Waals surface area contributed by atoms with E-state index in [9.17, 15) is 14.4 Å². The first-order valence-corrected chi connectivity index (χ1v) is 11.9. The van der Waals surface area contributed by atoms with Crippen LogP contribution in [0.2, 0.25) is 0 Å². The number of piperidine rings is 2. The van der Waals surface area contributed by atoms with Crippen LogP contribution in [-0.4, -0.2) is 59.7 Å². The van der Waals surface area contributed by atoms with Crippen LogP contribution in [0.4, 0.5) is 0 Å². The van der Waals surface area contributed by atoms with Crippen LogP contribution in [-0.2, 0) is 4.79 Å². The number of carbonyl (C=O) groups is 3. The van der Waals surface area contributed by atoms with Gasteiger partial charge < -0.3 is 15.1 Å². The number of carbonyl (C=O) groups excluding carboxylic acids is 3. The molecule has 0 radical (unpaired) electrons. The summed E-state index contributed by atoms with van der Waals surface area (Å²) in [5.41, 5.74) is 1.68. The van der Waals surface area contributed by atoms with Gasteiger partial charge in [-0.25, -0.2) is 0 Å². The minimum atomic E-state index is -0.0364. The van der Waals surface area contributed by atoms with E-state index in [-0.39, 0.29) is 29.7 Å². The summed E-state index contributed by atoms with van der Waals surface area (Å²) in [5.74, 6) is 0.231. The van der Waals surface area contributed by atoms with E-state index in [1.807, 2.05) is 58.5 Å². The highest BCUT2D eigenvalue weighted by molar-refractivity contribution is 7.12. The molecule has 1 aromatic heterocycles. The van der Waals surface area contributed by atoms with E-state index in [1.165, 1.54) is 11.3 Å². The lowest BCUT2D eigenvalue weighted by Crippen LogP contribution is -2.50. The molecule has 0 atom stereocenters. The Morgan fingerprint density at radius 3 is 2.23 bits per heavy atom. The number of nitrogens with one attached hydrogen (secondary N) is 1. The molecule has 2 fully saturated rings. The summed E-state index contributed by atoms with van der Waals surface area (Å²) in [7, 11) is 0. The molecular formula is C24H29N3O3S. The monoisotopic (exact) mass is 439 g/mol. The molecule has 0 bridgehead atoms. The van der Waals surface area contributed by atoms with Gasteiger partial charge in [0.25, 0.3) is 11.8 Å². The fraction of sp³-hybridized carbons (Fsp3) is 0.458. The van der Waals surface area contributed by atoms with Crippen LogP contribution in [0.3, 0.4) is 0 Å². The smallest absolute Gasteiger partial charge is 0.263 e. The molecular weight excluding hydrogens is 410 g/mol. The second kappa shape index (κ2) is 9.64. The fourth-order valence-electron chi connectivity index (χ4n) is 4.48. The van der Waals surface area contributed by atoms with Gasteiger partial charge in [0.15, 0.2) is 0 Å². The Balaban J connectivity index is 1.23. The highest BCUT2D eigenvalue weighted by Crippen LogP contribution is 2.24. The van der Waals surface area contributed by atoms with Crippen LogP contribution in [0.1, 0.15) is 51.3 Å². The second-order valence-corrected chi connectivity index (χ2v) is 9.38. The van der Waals surface area contributed by atoms with Crippen molar-refractivity contribution in [3.8, 4) is 0 Å². The Hall–Kier alpha value is -2.67. The largest absolute Gasteiger partial charge is 0.349 e. The third-order valence-corrected chi connectivity index (χ3v) is 7.25. The zero-order valence-corrected chi connectivity index (χ0v) is 18.7. The minimum Gasteiger partial charge on any atom is -0.349 e. The van der Waals surface area contributed by atoms with Gasteiger partial charge >= 0.3 is 0 Å². The second-order valence-electron chi connectivity index (χ2n) is 8.43. The topological polar surface area (TPSA) is 69.7 Å². The summed E-state index contributed by atoms with van der Waals surface area (Å²) in [6.45, 7) is 4.56. The lowest BCUT2D eigenvalue weighted by atomic mass is 9.93. The summed E-state index contributed by atoms with van der Waals surface area (Å²) in [4.78, 5) is 42.6. The van der Waals surface area contributed by atoms with Crippen LogP contribution in [0.25, 0.3) is 0 Å². The Bertz CT molecular complexity index is 927. The van der Waals surface area contributed by atoms with Gasteiger partial charge in [-0.1, -0.05) is 24.3 Å². The van der Waals surface area contributed by atoms with Crippen molar-refractivity contribution < 1.29 is 14.4 Å². The molecule has 1 N–H and O–H groups in total.